The van der Waals surface area contributed by atoms with Crippen molar-refractivity contribution in [3.63, 3.8) is 0 Å². The van der Waals surface area contributed by atoms with Crippen LogP contribution >= 0.6 is 12.2 Å². The number of hydrogen-bond donors (Lipinski definition) is 2. The lowest BCUT2D eigenvalue weighted by Crippen LogP contribution is -2.40. The van der Waals surface area contributed by atoms with Crippen LogP contribution in [-0.4, -0.2) is 59.3 Å². The highest BCUT2D eigenvalue weighted by atomic mass is 32.1. The molecule has 0 radical (unpaired) electrons. The number of morpholine rings is 1. The zero-order valence-electron chi connectivity index (χ0n) is 20.3. The Hall–Kier alpha value is -2.74. The van der Waals surface area contributed by atoms with Crippen LogP contribution in [0, 0.1) is 20.8 Å². The van der Waals surface area contributed by atoms with E-state index in [1.165, 1.54) is 11.1 Å². The van der Waals surface area contributed by atoms with Gasteiger partial charge in [0.15, 0.2) is 5.11 Å². The molecule has 4 rings (SSSR count). The van der Waals surface area contributed by atoms with Crippen LogP contribution in [0.1, 0.15) is 28.7 Å². The summed E-state index contributed by atoms with van der Waals surface area (Å²) in [5.41, 5.74) is 5.96. The predicted molar refractivity (Wildman–Crippen MR) is 144 cm³/mol. The van der Waals surface area contributed by atoms with E-state index < -0.39 is 0 Å². The monoisotopic (exact) mass is 478 g/mol. The average Bonchev–Trinajstić information content (AvgIpc) is 2.80. The molecule has 0 aliphatic carbocycles. The van der Waals surface area contributed by atoms with Gasteiger partial charge in [0.2, 0.25) is 0 Å². The van der Waals surface area contributed by atoms with Gasteiger partial charge in [0.1, 0.15) is 0 Å². The zero-order chi connectivity index (χ0) is 24.1. The number of aryl methyl sites for hydroxylation is 3. The summed E-state index contributed by atoms with van der Waals surface area (Å²) in [6.45, 7) is 11.9. The first-order valence-corrected chi connectivity index (χ1v) is 12.4. The van der Waals surface area contributed by atoms with Gasteiger partial charge in [0.05, 0.1) is 25.3 Å². The van der Waals surface area contributed by atoms with Crippen molar-refractivity contribution in [1.82, 2.24) is 14.8 Å². The zero-order valence-corrected chi connectivity index (χ0v) is 21.1. The van der Waals surface area contributed by atoms with Crippen molar-refractivity contribution in [2.75, 3.05) is 44.7 Å². The molecule has 0 atom stereocenters. The molecule has 0 spiro atoms. The Morgan fingerprint density at radius 2 is 1.91 bits per heavy atom. The van der Waals surface area contributed by atoms with Crippen LogP contribution in [0.4, 0.5) is 5.69 Å². The molecule has 1 saturated heterocycles. The van der Waals surface area contributed by atoms with Gasteiger partial charge in [0, 0.05) is 37.4 Å². The quantitative estimate of drug-likeness (QED) is 0.492. The summed E-state index contributed by atoms with van der Waals surface area (Å²) in [6.07, 6.45) is 0.958. The Labute approximate surface area is 206 Å². The summed E-state index contributed by atoms with van der Waals surface area (Å²) in [6, 6.07) is 14.4. The van der Waals surface area contributed by atoms with E-state index in [1.54, 1.807) is 0 Å². The molecule has 2 aromatic carbocycles. The van der Waals surface area contributed by atoms with Crippen molar-refractivity contribution in [3.05, 3.63) is 75.1 Å². The smallest absolute Gasteiger partial charge is 0.253 e. The summed E-state index contributed by atoms with van der Waals surface area (Å²) in [4.78, 5) is 20.6. The molecule has 1 aliphatic heterocycles. The Balaban J connectivity index is 1.54. The van der Waals surface area contributed by atoms with Crippen molar-refractivity contribution in [2.45, 2.75) is 33.7 Å². The molecule has 0 unspecified atom stereocenters. The molecular formula is C27H34N4O2S. The normalized spacial score (nSPS) is 14.3. The highest BCUT2D eigenvalue weighted by Gasteiger charge is 2.16. The van der Waals surface area contributed by atoms with E-state index in [-0.39, 0.29) is 5.56 Å². The third kappa shape index (κ3) is 6.23. The van der Waals surface area contributed by atoms with Gasteiger partial charge in [-0.25, -0.2) is 0 Å². The number of benzene rings is 2. The van der Waals surface area contributed by atoms with E-state index in [1.807, 2.05) is 25.1 Å². The van der Waals surface area contributed by atoms with Gasteiger partial charge < -0.3 is 19.9 Å². The van der Waals surface area contributed by atoms with E-state index >= 15 is 0 Å². The van der Waals surface area contributed by atoms with Gasteiger partial charge in [-0.3, -0.25) is 9.69 Å². The minimum atomic E-state index is -0.0593. The van der Waals surface area contributed by atoms with E-state index in [0.717, 1.165) is 73.5 Å². The standard InChI is InChI=1S/C27H34N4O2S/c1-19-6-4-7-24(16-19)28-27(34)31(9-5-8-30-10-12-33-13-11-30)18-23-17-22-15-20(2)14-21(3)25(22)29-26(23)32/h4,6-7,14-17H,5,8-13,18H2,1-3H3,(H,28,34)(H,29,32). The first-order chi connectivity index (χ1) is 16.4. The number of H-pyrrole nitrogens is 1. The molecule has 7 heteroatoms. The van der Waals surface area contributed by atoms with Crippen LogP contribution in [0.5, 0.6) is 0 Å². The van der Waals surface area contributed by atoms with E-state index in [0.29, 0.717) is 11.7 Å². The van der Waals surface area contributed by atoms with Gasteiger partial charge in [-0.05, 0) is 80.2 Å². The van der Waals surface area contributed by atoms with Gasteiger partial charge in [-0.1, -0.05) is 23.8 Å². The fourth-order valence-electron chi connectivity index (χ4n) is 4.54. The van der Waals surface area contributed by atoms with Gasteiger partial charge in [-0.15, -0.1) is 0 Å². The van der Waals surface area contributed by atoms with Crippen LogP contribution in [0.15, 0.2) is 47.3 Å². The van der Waals surface area contributed by atoms with Crippen LogP contribution < -0.4 is 10.9 Å². The number of ether oxygens (including phenoxy) is 1. The Kier molecular flexibility index (Phi) is 7.98. The number of nitrogens with one attached hydrogen (secondary N) is 2. The molecule has 1 aliphatic rings. The SMILES string of the molecule is Cc1cccc(NC(=S)N(CCCN2CCOCC2)Cc2cc3cc(C)cc(C)c3[nH]c2=O)c1. The second-order valence-electron chi connectivity index (χ2n) is 9.20. The summed E-state index contributed by atoms with van der Waals surface area (Å²) in [7, 11) is 0. The Bertz CT molecular complexity index is 1220. The molecule has 1 aromatic heterocycles. The second-order valence-corrected chi connectivity index (χ2v) is 9.59. The number of nitrogens with zero attached hydrogens (tertiary/aromatic N) is 2. The summed E-state index contributed by atoms with van der Waals surface area (Å²) < 4.78 is 5.46. The Morgan fingerprint density at radius 3 is 2.68 bits per heavy atom. The topological polar surface area (TPSA) is 60.6 Å². The van der Waals surface area contributed by atoms with Gasteiger partial charge >= 0.3 is 0 Å². The Morgan fingerprint density at radius 1 is 1.12 bits per heavy atom. The second kappa shape index (κ2) is 11.1. The minimum absolute atomic E-state index is 0.0593. The maximum atomic E-state index is 13.0. The number of rotatable bonds is 7. The van der Waals surface area contributed by atoms with Crippen molar-refractivity contribution >= 4 is 33.9 Å². The number of thiocarbonyl (C=S) groups is 1. The van der Waals surface area contributed by atoms with E-state index in [2.05, 4.69) is 58.2 Å². The summed E-state index contributed by atoms with van der Waals surface area (Å²) >= 11 is 5.82. The van der Waals surface area contributed by atoms with Crippen LogP contribution in [0.2, 0.25) is 0 Å². The molecule has 1 fully saturated rings. The van der Waals surface area contributed by atoms with Crippen molar-refractivity contribution in [3.8, 4) is 0 Å². The molecular weight excluding hydrogens is 444 g/mol. The molecule has 6 nitrogen and oxygen atoms in total. The highest BCUT2D eigenvalue weighted by molar-refractivity contribution is 7.80. The number of fused-ring (bicyclic) bond motifs is 1. The van der Waals surface area contributed by atoms with Crippen LogP contribution in [-0.2, 0) is 11.3 Å². The minimum Gasteiger partial charge on any atom is -0.379 e. The number of hydrogen-bond acceptors (Lipinski definition) is 4. The molecule has 0 amide bonds. The van der Waals surface area contributed by atoms with Gasteiger partial charge in [0.25, 0.3) is 5.56 Å². The fraction of sp³-hybridized carbons (Fsp3) is 0.407. The lowest BCUT2D eigenvalue weighted by molar-refractivity contribution is 0.0367. The number of aromatic amines is 1. The largest absolute Gasteiger partial charge is 0.379 e. The average molecular weight is 479 g/mol. The lowest BCUT2D eigenvalue weighted by atomic mass is 10.1. The maximum absolute atomic E-state index is 13.0. The maximum Gasteiger partial charge on any atom is 0.253 e. The number of anilines is 1. The lowest BCUT2D eigenvalue weighted by Gasteiger charge is -2.29. The fourth-order valence-corrected chi connectivity index (χ4v) is 4.82. The third-order valence-electron chi connectivity index (χ3n) is 6.29. The molecule has 0 saturated carbocycles. The number of aromatic nitrogens is 1. The highest BCUT2D eigenvalue weighted by Crippen LogP contribution is 2.19. The van der Waals surface area contributed by atoms with E-state index in [4.69, 9.17) is 17.0 Å². The van der Waals surface area contributed by atoms with Crippen molar-refractivity contribution in [1.29, 1.82) is 0 Å². The van der Waals surface area contributed by atoms with Crippen molar-refractivity contribution in [2.24, 2.45) is 0 Å². The first kappa shape index (κ1) is 24.4. The molecule has 180 valence electrons. The molecule has 3 aromatic rings. The van der Waals surface area contributed by atoms with Crippen molar-refractivity contribution < 1.29 is 4.74 Å². The van der Waals surface area contributed by atoms with Crippen LogP contribution in [0.3, 0.4) is 0 Å². The summed E-state index contributed by atoms with van der Waals surface area (Å²) in [5, 5.41) is 5.06. The van der Waals surface area contributed by atoms with E-state index in [9.17, 15) is 4.79 Å². The van der Waals surface area contributed by atoms with Crippen LogP contribution in [0.25, 0.3) is 10.9 Å². The predicted octanol–water partition coefficient (Wildman–Crippen LogP) is 4.37. The molecule has 2 N–H and O–H groups in total. The molecule has 34 heavy (non-hydrogen) atoms. The first-order valence-electron chi connectivity index (χ1n) is 11.9. The number of pyridine rings is 1. The summed E-state index contributed by atoms with van der Waals surface area (Å²) in [5.74, 6) is 0. The molecule has 2 heterocycles. The molecule has 0 bridgehead atoms. The third-order valence-corrected chi connectivity index (χ3v) is 6.65. The van der Waals surface area contributed by atoms with Gasteiger partial charge in [-0.2, -0.15) is 0 Å².